The molecule has 2 aromatic heterocycles. The third-order valence-electron chi connectivity index (χ3n) is 4.60. The van der Waals surface area contributed by atoms with Gasteiger partial charge in [-0.05, 0) is 30.3 Å². The molecule has 154 valence electrons. The number of carbonyl (C=O) groups is 3. The van der Waals surface area contributed by atoms with Crippen LogP contribution in [0.25, 0.3) is 5.52 Å². The van der Waals surface area contributed by atoms with Crippen LogP contribution in [0.4, 0.5) is 0 Å². The third kappa shape index (κ3) is 4.22. The summed E-state index contributed by atoms with van der Waals surface area (Å²) in [6.07, 6.45) is 1.36. The number of amides is 1. The summed E-state index contributed by atoms with van der Waals surface area (Å²) in [5.74, 6) is -1.82. The molecule has 0 bridgehead atoms. The first-order valence-electron chi connectivity index (χ1n) is 9.11. The van der Waals surface area contributed by atoms with E-state index < -0.39 is 29.4 Å². The van der Waals surface area contributed by atoms with Crippen molar-refractivity contribution in [3.8, 4) is 0 Å². The van der Waals surface area contributed by atoms with Crippen LogP contribution in [-0.4, -0.2) is 42.5 Å². The Hall–Kier alpha value is -3.94. The average Bonchev–Trinajstić information content (AvgIpc) is 2.79. The molecule has 0 aliphatic rings. The van der Waals surface area contributed by atoms with E-state index >= 15 is 0 Å². The van der Waals surface area contributed by atoms with E-state index in [1.54, 1.807) is 48.5 Å². The minimum Gasteiger partial charge on any atom is -0.467 e. The highest BCUT2D eigenvalue weighted by Crippen LogP contribution is 2.14. The number of pyridine rings is 2. The molecule has 1 atom stereocenters. The SMILES string of the molecule is COC(=O)c1cc(C[C@H](NC(=O)c2ccccc2)C(=O)OC)c(=O)n2ccccc12. The molecule has 0 saturated carbocycles. The summed E-state index contributed by atoms with van der Waals surface area (Å²) in [5.41, 5.74) is 0.646. The van der Waals surface area contributed by atoms with Crippen LogP contribution in [0.5, 0.6) is 0 Å². The Balaban J connectivity index is 2.01. The van der Waals surface area contributed by atoms with Crippen molar-refractivity contribution in [3.63, 3.8) is 0 Å². The average molecular weight is 408 g/mol. The maximum absolute atomic E-state index is 12.9. The van der Waals surface area contributed by atoms with Gasteiger partial charge in [0.05, 0.1) is 25.3 Å². The highest BCUT2D eigenvalue weighted by atomic mass is 16.5. The molecular weight excluding hydrogens is 388 g/mol. The van der Waals surface area contributed by atoms with Gasteiger partial charge in [-0.1, -0.05) is 24.3 Å². The summed E-state index contributed by atoms with van der Waals surface area (Å²) in [4.78, 5) is 50.0. The normalized spacial score (nSPS) is 11.5. The monoisotopic (exact) mass is 408 g/mol. The van der Waals surface area contributed by atoms with Gasteiger partial charge in [0.2, 0.25) is 0 Å². The number of fused-ring (bicyclic) bond motifs is 1. The Morgan fingerprint density at radius 3 is 2.37 bits per heavy atom. The molecule has 2 heterocycles. The molecule has 1 N–H and O–H groups in total. The van der Waals surface area contributed by atoms with Crippen molar-refractivity contribution < 1.29 is 23.9 Å². The predicted octanol–water partition coefficient (Wildman–Crippen LogP) is 1.60. The number of benzene rings is 1. The Kier molecular flexibility index (Phi) is 6.26. The Morgan fingerprint density at radius 2 is 1.70 bits per heavy atom. The van der Waals surface area contributed by atoms with E-state index in [9.17, 15) is 19.2 Å². The van der Waals surface area contributed by atoms with Gasteiger partial charge in [-0.25, -0.2) is 9.59 Å². The predicted molar refractivity (Wildman–Crippen MR) is 108 cm³/mol. The number of aromatic nitrogens is 1. The van der Waals surface area contributed by atoms with Gasteiger partial charge in [0.1, 0.15) is 6.04 Å². The van der Waals surface area contributed by atoms with E-state index in [-0.39, 0.29) is 17.5 Å². The van der Waals surface area contributed by atoms with Crippen LogP contribution in [0, 0.1) is 0 Å². The van der Waals surface area contributed by atoms with Gasteiger partial charge in [0.25, 0.3) is 11.5 Å². The van der Waals surface area contributed by atoms with Crippen LogP contribution >= 0.6 is 0 Å². The highest BCUT2D eigenvalue weighted by Gasteiger charge is 2.25. The number of hydrogen-bond donors (Lipinski definition) is 1. The minimum absolute atomic E-state index is 0.155. The van der Waals surface area contributed by atoms with Crippen molar-refractivity contribution in [2.75, 3.05) is 14.2 Å². The molecule has 0 spiro atoms. The number of nitrogens with zero attached hydrogens (tertiary/aromatic N) is 1. The smallest absolute Gasteiger partial charge is 0.340 e. The molecule has 0 radical (unpaired) electrons. The van der Waals surface area contributed by atoms with E-state index in [4.69, 9.17) is 9.47 Å². The Morgan fingerprint density at radius 1 is 1.00 bits per heavy atom. The number of ether oxygens (including phenoxy) is 2. The quantitative estimate of drug-likeness (QED) is 0.622. The molecule has 0 saturated heterocycles. The molecule has 0 aliphatic heterocycles. The number of esters is 2. The van der Waals surface area contributed by atoms with Crippen molar-refractivity contribution in [3.05, 3.63) is 87.8 Å². The number of carbonyl (C=O) groups excluding carboxylic acids is 3. The number of hydrogen-bond acceptors (Lipinski definition) is 6. The zero-order valence-electron chi connectivity index (χ0n) is 16.5. The van der Waals surface area contributed by atoms with Crippen LogP contribution in [0.1, 0.15) is 26.3 Å². The standard InChI is InChI=1S/C22H20N2O6/c1-29-21(27)16-12-15(20(26)24-11-7-6-10-18(16)24)13-17(22(28)30-2)23-19(25)14-8-4-3-5-9-14/h3-12,17H,13H2,1-2H3,(H,23,25)/t17-/m0/s1. The van der Waals surface area contributed by atoms with Crippen LogP contribution in [0.2, 0.25) is 0 Å². The molecule has 3 aromatic rings. The first kappa shape index (κ1) is 20.8. The maximum atomic E-state index is 12.9. The molecule has 3 rings (SSSR count). The second kappa shape index (κ2) is 9.04. The first-order valence-corrected chi connectivity index (χ1v) is 9.11. The van der Waals surface area contributed by atoms with Crippen molar-refractivity contribution in [2.24, 2.45) is 0 Å². The minimum atomic E-state index is -1.12. The Labute approximate surface area is 172 Å². The van der Waals surface area contributed by atoms with Gasteiger partial charge >= 0.3 is 11.9 Å². The lowest BCUT2D eigenvalue weighted by atomic mass is 10.0. The number of nitrogens with one attached hydrogen (secondary N) is 1. The molecule has 1 aromatic carbocycles. The van der Waals surface area contributed by atoms with Gasteiger partial charge < -0.3 is 14.8 Å². The fourth-order valence-electron chi connectivity index (χ4n) is 3.11. The topological polar surface area (TPSA) is 103 Å². The van der Waals surface area contributed by atoms with Gasteiger partial charge in [0.15, 0.2) is 0 Å². The van der Waals surface area contributed by atoms with Crippen LogP contribution < -0.4 is 10.9 Å². The number of rotatable bonds is 6. The lowest BCUT2D eigenvalue weighted by Gasteiger charge is -2.17. The summed E-state index contributed by atoms with van der Waals surface area (Å²) >= 11 is 0. The molecule has 8 heteroatoms. The molecule has 30 heavy (non-hydrogen) atoms. The second-order valence-corrected chi connectivity index (χ2v) is 6.46. The fraction of sp³-hybridized carbons (Fsp3) is 0.182. The van der Waals surface area contributed by atoms with Crippen molar-refractivity contribution in [1.29, 1.82) is 0 Å². The summed E-state index contributed by atoms with van der Waals surface area (Å²) in [5, 5.41) is 2.59. The van der Waals surface area contributed by atoms with E-state index in [1.165, 1.54) is 30.9 Å². The fourth-order valence-corrected chi connectivity index (χ4v) is 3.11. The van der Waals surface area contributed by atoms with Gasteiger partial charge in [-0.3, -0.25) is 14.0 Å². The molecule has 0 unspecified atom stereocenters. The van der Waals surface area contributed by atoms with Crippen LogP contribution in [-0.2, 0) is 20.7 Å². The summed E-state index contributed by atoms with van der Waals surface area (Å²) < 4.78 is 10.9. The third-order valence-corrected chi connectivity index (χ3v) is 4.60. The zero-order valence-corrected chi connectivity index (χ0v) is 16.5. The van der Waals surface area contributed by atoms with Crippen molar-refractivity contribution in [2.45, 2.75) is 12.5 Å². The Bertz CT molecular complexity index is 1150. The highest BCUT2D eigenvalue weighted by molar-refractivity contribution is 5.98. The number of methoxy groups -OCH3 is 2. The van der Waals surface area contributed by atoms with Gasteiger partial charge in [-0.15, -0.1) is 0 Å². The van der Waals surface area contributed by atoms with Crippen molar-refractivity contribution >= 4 is 23.4 Å². The second-order valence-electron chi connectivity index (χ2n) is 6.46. The van der Waals surface area contributed by atoms with E-state index in [2.05, 4.69) is 5.32 Å². The van der Waals surface area contributed by atoms with Crippen molar-refractivity contribution in [1.82, 2.24) is 9.72 Å². The summed E-state index contributed by atoms with van der Waals surface area (Å²) in [7, 11) is 2.43. The van der Waals surface area contributed by atoms with E-state index in [1.807, 2.05) is 0 Å². The molecule has 0 aliphatic carbocycles. The van der Waals surface area contributed by atoms with Gasteiger partial charge in [-0.2, -0.15) is 0 Å². The largest absolute Gasteiger partial charge is 0.467 e. The van der Waals surface area contributed by atoms with E-state index in [0.717, 1.165) is 0 Å². The lowest BCUT2D eigenvalue weighted by Crippen LogP contribution is -2.44. The molecule has 8 nitrogen and oxygen atoms in total. The zero-order chi connectivity index (χ0) is 21.7. The summed E-state index contributed by atoms with van der Waals surface area (Å²) in [6, 6.07) is 13.6. The summed E-state index contributed by atoms with van der Waals surface area (Å²) in [6.45, 7) is 0. The molecular formula is C22H20N2O6. The first-order chi connectivity index (χ1) is 14.5. The molecule has 0 fully saturated rings. The van der Waals surface area contributed by atoms with E-state index in [0.29, 0.717) is 11.1 Å². The van der Waals surface area contributed by atoms with Crippen LogP contribution in [0.15, 0.2) is 65.6 Å². The van der Waals surface area contributed by atoms with Gasteiger partial charge in [0, 0.05) is 23.7 Å². The maximum Gasteiger partial charge on any atom is 0.340 e. The lowest BCUT2D eigenvalue weighted by molar-refractivity contribution is -0.142. The van der Waals surface area contributed by atoms with Crippen LogP contribution in [0.3, 0.4) is 0 Å². The molecule has 1 amide bonds.